The van der Waals surface area contributed by atoms with Crippen LogP contribution in [0.15, 0.2) is 48.5 Å². The van der Waals surface area contributed by atoms with E-state index in [-0.39, 0.29) is 9.70 Å². The lowest BCUT2D eigenvalue weighted by atomic mass is 10.2. The van der Waals surface area contributed by atoms with E-state index >= 15 is 0 Å². The van der Waals surface area contributed by atoms with Crippen molar-refractivity contribution >= 4 is 12.4 Å². The van der Waals surface area contributed by atoms with Gasteiger partial charge in [0.2, 0.25) is 0 Å². The zero-order valence-electron chi connectivity index (χ0n) is 11.5. The normalized spacial score (nSPS) is 12.5. The van der Waals surface area contributed by atoms with Crippen molar-refractivity contribution in [2.45, 2.75) is 13.8 Å². The van der Waals surface area contributed by atoms with Crippen molar-refractivity contribution in [2.24, 2.45) is 0 Å². The highest BCUT2D eigenvalue weighted by Crippen LogP contribution is 2.01. The average molecular weight is 268 g/mol. The van der Waals surface area contributed by atoms with Crippen LogP contribution in [-0.2, 0) is 0 Å². The fraction of sp³-hybridized carbons (Fsp3) is 0.125. The number of rotatable bonds is 3. The number of hydrogen-bond acceptors (Lipinski definition) is 2. The van der Waals surface area contributed by atoms with E-state index in [1.165, 1.54) is 12.4 Å². The predicted octanol–water partition coefficient (Wildman–Crippen LogP) is 2.78. The van der Waals surface area contributed by atoms with Gasteiger partial charge < -0.3 is 10.4 Å². The Hall–Kier alpha value is -2.62. The number of hydrazone groups is 2. The van der Waals surface area contributed by atoms with Gasteiger partial charge in [-0.15, -0.1) is 0 Å². The molecule has 20 heavy (non-hydrogen) atoms. The van der Waals surface area contributed by atoms with Gasteiger partial charge in [0, 0.05) is 11.1 Å². The van der Waals surface area contributed by atoms with E-state index in [4.69, 9.17) is 0 Å². The van der Waals surface area contributed by atoms with Gasteiger partial charge in [-0.3, -0.25) is 0 Å². The molecule has 102 valence electrons. The quantitative estimate of drug-likeness (QED) is 0.372. The number of nitrogens with zero attached hydrogens (tertiary/aromatic N) is 2. The second kappa shape index (κ2) is 6.02. The molecule has 0 aliphatic carbocycles. The van der Waals surface area contributed by atoms with Gasteiger partial charge in [-0.1, -0.05) is 35.4 Å². The summed E-state index contributed by atoms with van der Waals surface area (Å²) >= 11 is 0. The van der Waals surface area contributed by atoms with Gasteiger partial charge >= 0.3 is 0 Å². The van der Waals surface area contributed by atoms with Crippen LogP contribution < -0.4 is 0 Å². The second-order valence-corrected chi connectivity index (χ2v) is 4.68. The van der Waals surface area contributed by atoms with Crippen LogP contribution in [0.2, 0.25) is 0 Å². The third kappa shape index (κ3) is 3.68. The Labute approximate surface area is 118 Å². The third-order valence-electron chi connectivity index (χ3n) is 2.87. The second-order valence-electron chi connectivity index (χ2n) is 4.68. The molecule has 0 aliphatic heterocycles. The molecule has 0 radical (unpaired) electrons. The minimum atomic E-state index is 0.268. The Morgan fingerprint density at radius 2 is 0.950 bits per heavy atom. The summed E-state index contributed by atoms with van der Waals surface area (Å²) in [5.41, 5.74) is 3.57. The molecule has 4 heteroatoms. The molecule has 0 fully saturated rings. The fourth-order valence-corrected chi connectivity index (χ4v) is 1.67. The minimum Gasteiger partial charge on any atom is -0.561 e. The summed E-state index contributed by atoms with van der Waals surface area (Å²) in [6.07, 6.45) is 2.49. The van der Waals surface area contributed by atoms with Crippen LogP contribution in [0.4, 0.5) is 0 Å². The third-order valence-corrected chi connectivity index (χ3v) is 2.87. The average Bonchev–Trinajstić information content (AvgIpc) is 2.44. The standard InChI is InChI=1S/C16H16N2O2/c1-13-3-7-15(8-4-13)11-17(19)18(20)12-16-9-5-14(2)6-10-16/h3-12H,1-2H3/b17-11-,18-12+. The highest BCUT2D eigenvalue weighted by atomic mass is 16.7. The smallest absolute Gasteiger partial charge is 0.260 e. The van der Waals surface area contributed by atoms with E-state index in [1.807, 2.05) is 38.1 Å². The molecule has 0 unspecified atom stereocenters. The van der Waals surface area contributed by atoms with Gasteiger partial charge in [-0.25, -0.2) is 0 Å². The highest BCUT2D eigenvalue weighted by molar-refractivity contribution is 5.77. The summed E-state index contributed by atoms with van der Waals surface area (Å²) in [6.45, 7) is 3.92. The molecular formula is C16H16N2O2. The summed E-state index contributed by atoms with van der Waals surface area (Å²) in [7, 11) is 0. The number of hydrogen-bond donors (Lipinski definition) is 0. The molecule has 0 aliphatic rings. The van der Waals surface area contributed by atoms with Crippen LogP contribution in [0.25, 0.3) is 0 Å². The van der Waals surface area contributed by atoms with Crippen molar-refractivity contribution in [2.75, 3.05) is 0 Å². The number of hydrazine groups is 1. The van der Waals surface area contributed by atoms with E-state index in [1.54, 1.807) is 24.3 Å². The molecule has 0 atom stereocenters. The summed E-state index contributed by atoms with van der Waals surface area (Å²) in [5.74, 6) is 0. The Balaban J connectivity index is 2.21. The lowest BCUT2D eigenvalue weighted by Crippen LogP contribution is -2.18. The van der Waals surface area contributed by atoms with Crippen LogP contribution in [0, 0.1) is 24.3 Å². The molecule has 0 saturated carbocycles. The monoisotopic (exact) mass is 268 g/mol. The van der Waals surface area contributed by atoms with Gasteiger partial charge in [-0.05, 0) is 38.1 Å². The van der Waals surface area contributed by atoms with E-state index in [9.17, 15) is 10.4 Å². The van der Waals surface area contributed by atoms with Crippen molar-refractivity contribution in [1.82, 2.24) is 0 Å². The van der Waals surface area contributed by atoms with Gasteiger partial charge in [0.25, 0.3) is 12.4 Å². The molecule has 0 bridgehead atoms. The molecule has 0 spiro atoms. The first-order valence-electron chi connectivity index (χ1n) is 6.30. The van der Waals surface area contributed by atoms with E-state index in [2.05, 4.69) is 0 Å². The first-order chi connectivity index (χ1) is 9.54. The predicted molar refractivity (Wildman–Crippen MR) is 79.9 cm³/mol. The van der Waals surface area contributed by atoms with Crippen LogP contribution in [0.1, 0.15) is 22.3 Å². The lowest BCUT2D eigenvalue weighted by molar-refractivity contribution is -1.05. The maximum absolute atomic E-state index is 11.7. The summed E-state index contributed by atoms with van der Waals surface area (Å²) in [6, 6.07) is 14.7. The Bertz CT molecular complexity index is 582. The van der Waals surface area contributed by atoms with Crippen LogP contribution >= 0.6 is 0 Å². The molecule has 0 heterocycles. The first kappa shape index (κ1) is 13.8. The number of aryl methyl sites for hydroxylation is 2. The maximum Gasteiger partial charge on any atom is 0.260 e. The molecule has 4 nitrogen and oxygen atoms in total. The number of benzene rings is 2. The molecule has 2 aromatic rings. The molecule has 0 amide bonds. The van der Waals surface area contributed by atoms with Gasteiger partial charge in [0.1, 0.15) is 0 Å². The summed E-state index contributed by atoms with van der Waals surface area (Å²) < 4.78 is 0. The van der Waals surface area contributed by atoms with E-state index in [0.29, 0.717) is 11.1 Å². The molecular weight excluding hydrogens is 252 g/mol. The van der Waals surface area contributed by atoms with Crippen molar-refractivity contribution in [1.29, 1.82) is 0 Å². The topological polar surface area (TPSA) is 52.1 Å². The SMILES string of the molecule is Cc1ccc(/C=[N+]([O-])/[N+]([O-])=C\c2ccc(C)cc2)cc1. The largest absolute Gasteiger partial charge is 0.561 e. The fourth-order valence-electron chi connectivity index (χ4n) is 1.67. The summed E-state index contributed by atoms with van der Waals surface area (Å²) in [4.78, 5) is 0.537. The molecule has 2 rings (SSSR count). The minimum absolute atomic E-state index is 0.268. The van der Waals surface area contributed by atoms with E-state index in [0.717, 1.165) is 11.1 Å². The van der Waals surface area contributed by atoms with E-state index < -0.39 is 0 Å². The van der Waals surface area contributed by atoms with Gasteiger partial charge in [0.15, 0.2) is 0 Å². The molecule has 0 saturated heterocycles. The summed E-state index contributed by atoms with van der Waals surface area (Å²) in [5, 5.41) is 23.4. The Morgan fingerprint density at radius 3 is 1.25 bits per heavy atom. The highest BCUT2D eigenvalue weighted by Gasteiger charge is 2.04. The Morgan fingerprint density at radius 1 is 0.650 bits per heavy atom. The van der Waals surface area contributed by atoms with Crippen molar-refractivity contribution in [3.8, 4) is 0 Å². The van der Waals surface area contributed by atoms with Crippen molar-refractivity contribution < 1.29 is 9.70 Å². The molecule has 0 aromatic heterocycles. The Kier molecular flexibility index (Phi) is 4.15. The molecule has 2 aromatic carbocycles. The van der Waals surface area contributed by atoms with Crippen molar-refractivity contribution in [3.63, 3.8) is 0 Å². The van der Waals surface area contributed by atoms with Crippen LogP contribution in [0.5, 0.6) is 0 Å². The zero-order chi connectivity index (χ0) is 14.5. The first-order valence-corrected chi connectivity index (χ1v) is 6.30. The molecule has 0 N–H and O–H groups in total. The van der Waals surface area contributed by atoms with Crippen LogP contribution in [-0.4, -0.2) is 22.1 Å². The van der Waals surface area contributed by atoms with Gasteiger partial charge in [-0.2, -0.15) is 0 Å². The lowest BCUT2D eigenvalue weighted by Gasteiger charge is -2.00. The van der Waals surface area contributed by atoms with Crippen molar-refractivity contribution in [3.05, 3.63) is 81.2 Å². The maximum atomic E-state index is 11.7. The van der Waals surface area contributed by atoms with Crippen LogP contribution in [0.3, 0.4) is 0 Å². The zero-order valence-corrected chi connectivity index (χ0v) is 11.5. The van der Waals surface area contributed by atoms with Gasteiger partial charge in [0.05, 0.1) is 9.70 Å².